The second-order valence-electron chi connectivity index (χ2n) is 3.43. The van der Waals surface area contributed by atoms with E-state index in [1.54, 1.807) is 0 Å². The van der Waals surface area contributed by atoms with E-state index in [1.165, 1.54) is 35.3 Å². The zero-order chi connectivity index (χ0) is 12.4. The van der Waals surface area contributed by atoms with Crippen molar-refractivity contribution in [1.82, 2.24) is 14.8 Å². The van der Waals surface area contributed by atoms with Gasteiger partial charge >= 0.3 is 0 Å². The lowest BCUT2D eigenvalue weighted by molar-refractivity contribution is 0.586. The molecule has 1 heterocycles. The Morgan fingerprint density at radius 1 is 1.53 bits per heavy atom. The summed E-state index contributed by atoms with van der Waals surface area (Å²) >= 11 is 5.79. The lowest BCUT2D eigenvalue weighted by Gasteiger charge is -2.06. The third-order valence-electron chi connectivity index (χ3n) is 2.19. The summed E-state index contributed by atoms with van der Waals surface area (Å²) in [6.07, 6.45) is 2.91. The Morgan fingerprint density at radius 2 is 2.29 bits per heavy atom. The van der Waals surface area contributed by atoms with Crippen LogP contribution < -0.4 is 0 Å². The minimum absolute atomic E-state index is 0.203. The Hall–Kier alpha value is -1.27. The van der Waals surface area contributed by atoms with Crippen molar-refractivity contribution in [3.05, 3.63) is 40.9 Å². The van der Waals surface area contributed by atoms with Gasteiger partial charge in [0.15, 0.2) is 0 Å². The molecule has 0 aliphatic rings. The second kappa shape index (κ2) is 4.93. The number of aromatic nitrogens is 3. The van der Waals surface area contributed by atoms with Crippen LogP contribution in [0.1, 0.15) is 5.56 Å². The predicted octanol–water partition coefficient (Wildman–Crippen LogP) is 1.86. The van der Waals surface area contributed by atoms with Crippen LogP contribution in [0.5, 0.6) is 0 Å². The molecule has 2 rings (SSSR count). The number of rotatable bonds is 3. The van der Waals surface area contributed by atoms with E-state index >= 15 is 0 Å². The number of hydrogen-bond donors (Lipinski definition) is 0. The normalized spacial score (nSPS) is 12.6. The quantitative estimate of drug-likeness (QED) is 0.858. The second-order valence-corrected chi connectivity index (χ2v) is 5.14. The highest BCUT2D eigenvalue weighted by atomic mass is 35.5. The summed E-state index contributed by atoms with van der Waals surface area (Å²) in [5.41, 5.74) is 0.406. The Morgan fingerprint density at radius 3 is 3.00 bits per heavy atom. The van der Waals surface area contributed by atoms with E-state index in [4.69, 9.17) is 11.6 Å². The van der Waals surface area contributed by atoms with Gasteiger partial charge in [-0.3, -0.25) is 4.21 Å². The highest BCUT2D eigenvalue weighted by molar-refractivity contribution is 7.84. The first-order chi connectivity index (χ1) is 8.08. The molecule has 0 unspecified atom stereocenters. The molecule has 0 spiro atoms. The fourth-order valence-electron chi connectivity index (χ4n) is 1.42. The van der Waals surface area contributed by atoms with Crippen LogP contribution in [-0.2, 0) is 17.3 Å². The van der Waals surface area contributed by atoms with E-state index in [-0.39, 0.29) is 12.4 Å². The van der Waals surface area contributed by atoms with Crippen LogP contribution in [-0.4, -0.2) is 25.2 Å². The Bertz CT molecular complexity index is 572. The number of hydrogen-bond acceptors (Lipinski definition) is 3. The Balaban J connectivity index is 2.34. The van der Waals surface area contributed by atoms with Gasteiger partial charge in [-0.2, -0.15) is 0 Å². The molecule has 0 aliphatic heterocycles. The van der Waals surface area contributed by atoms with Gasteiger partial charge in [0.05, 0.1) is 17.3 Å². The highest BCUT2D eigenvalue weighted by Crippen LogP contribution is 2.16. The molecule has 0 N–H and O–H groups in total. The summed E-state index contributed by atoms with van der Waals surface area (Å²) in [7, 11) is -1.26. The van der Waals surface area contributed by atoms with Crippen molar-refractivity contribution in [1.29, 1.82) is 0 Å². The van der Waals surface area contributed by atoms with Crippen molar-refractivity contribution >= 4 is 22.4 Å². The number of nitrogens with zero attached hydrogens (tertiary/aromatic N) is 3. The zero-order valence-corrected chi connectivity index (χ0v) is 10.5. The third-order valence-corrected chi connectivity index (χ3v) is 3.25. The molecular weight excluding hydrogens is 265 g/mol. The molecule has 0 bridgehead atoms. The van der Waals surface area contributed by atoms with Gasteiger partial charge in [-0.05, 0) is 18.2 Å². The van der Waals surface area contributed by atoms with Crippen LogP contribution >= 0.6 is 11.6 Å². The van der Waals surface area contributed by atoms with Gasteiger partial charge in [0.25, 0.3) is 0 Å². The van der Waals surface area contributed by atoms with Crippen molar-refractivity contribution in [2.45, 2.75) is 11.7 Å². The summed E-state index contributed by atoms with van der Waals surface area (Å²) in [4.78, 5) is 0. The topological polar surface area (TPSA) is 47.8 Å². The molecule has 1 aromatic carbocycles. The van der Waals surface area contributed by atoms with Gasteiger partial charge < -0.3 is 4.57 Å². The van der Waals surface area contributed by atoms with Gasteiger partial charge in [0.2, 0.25) is 5.16 Å². The summed E-state index contributed by atoms with van der Waals surface area (Å²) in [5, 5.41) is 8.14. The van der Waals surface area contributed by atoms with Crippen LogP contribution in [0.15, 0.2) is 29.7 Å². The molecule has 17 heavy (non-hydrogen) atoms. The molecular formula is C10H9ClFN3OS. The Kier molecular flexibility index (Phi) is 3.54. The van der Waals surface area contributed by atoms with Gasteiger partial charge in [0, 0.05) is 16.8 Å². The lowest BCUT2D eigenvalue weighted by atomic mass is 10.2. The van der Waals surface area contributed by atoms with E-state index in [0.29, 0.717) is 15.7 Å². The van der Waals surface area contributed by atoms with Crippen molar-refractivity contribution in [2.24, 2.45) is 0 Å². The van der Waals surface area contributed by atoms with Crippen LogP contribution in [0.4, 0.5) is 4.39 Å². The predicted molar refractivity (Wildman–Crippen MR) is 62.9 cm³/mol. The largest absolute Gasteiger partial charge is 0.302 e. The van der Waals surface area contributed by atoms with Crippen LogP contribution in [0.3, 0.4) is 0 Å². The fourth-order valence-corrected chi connectivity index (χ4v) is 2.22. The first-order valence-corrected chi connectivity index (χ1v) is 6.66. The van der Waals surface area contributed by atoms with Crippen molar-refractivity contribution < 1.29 is 8.60 Å². The van der Waals surface area contributed by atoms with E-state index in [1.807, 2.05) is 0 Å². The molecule has 0 amide bonds. The minimum atomic E-state index is -1.26. The monoisotopic (exact) mass is 273 g/mol. The van der Waals surface area contributed by atoms with Crippen LogP contribution in [0.2, 0.25) is 5.02 Å². The molecule has 0 fully saturated rings. The number of halogens is 2. The van der Waals surface area contributed by atoms with E-state index in [0.717, 1.165) is 0 Å². The van der Waals surface area contributed by atoms with Crippen LogP contribution in [0.25, 0.3) is 0 Å². The van der Waals surface area contributed by atoms with Crippen molar-refractivity contribution in [2.75, 3.05) is 6.26 Å². The summed E-state index contributed by atoms with van der Waals surface area (Å²) < 4.78 is 26.4. The minimum Gasteiger partial charge on any atom is -0.302 e. The third kappa shape index (κ3) is 2.70. The molecule has 0 radical (unpaired) electrons. The molecule has 0 aliphatic carbocycles. The highest BCUT2D eigenvalue weighted by Gasteiger charge is 2.10. The summed E-state index contributed by atoms with van der Waals surface area (Å²) in [5.74, 6) is -0.365. The molecule has 90 valence electrons. The molecule has 1 aromatic heterocycles. The van der Waals surface area contributed by atoms with Gasteiger partial charge in [-0.1, -0.05) is 11.6 Å². The van der Waals surface area contributed by atoms with Crippen LogP contribution in [0, 0.1) is 5.82 Å². The first kappa shape index (κ1) is 12.2. The molecule has 0 saturated heterocycles. The fraction of sp³-hybridized carbons (Fsp3) is 0.200. The van der Waals surface area contributed by atoms with Crippen molar-refractivity contribution in [3.8, 4) is 0 Å². The smallest absolute Gasteiger partial charge is 0.221 e. The summed E-state index contributed by atoms with van der Waals surface area (Å²) in [6.45, 7) is 0.203. The first-order valence-electron chi connectivity index (χ1n) is 4.73. The SMILES string of the molecule is C[S@](=O)c1nncn1Cc1cc(Cl)ccc1F. The van der Waals surface area contributed by atoms with Gasteiger partial charge in [-0.25, -0.2) is 4.39 Å². The number of benzene rings is 1. The average molecular weight is 274 g/mol. The molecule has 4 nitrogen and oxygen atoms in total. The maximum absolute atomic E-state index is 13.5. The maximum Gasteiger partial charge on any atom is 0.221 e. The van der Waals surface area contributed by atoms with E-state index in [2.05, 4.69) is 10.2 Å². The van der Waals surface area contributed by atoms with Gasteiger partial charge in [0.1, 0.15) is 12.1 Å². The molecule has 1 atom stereocenters. The molecule has 0 saturated carbocycles. The molecule has 2 aromatic rings. The van der Waals surface area contributed by atoms with Gasteiger partial charge in [-0.15, -0.1) is 10.2 Å². The van der Waals surface area contributed by atoms with Crippen molar-refractivity contribution in [3.63, 3.8) is 0 Å². The van der Waals surface area contributed by atoms with E-state index < -0.39 is 10.8 Å². The molecule has 7 heteroatoms. The average Bonchev–Trinajstić information content (AvgIpc) is 2.71. The lowest BCUT2D eigenvalue weighted by Crippen LogP contribution is -2.06. The van der Waals surface area contributed by atoms with E-state index in [9.17, 15) is 8.60 Å². The standard InChI is InChI=1S/C10H9ClFN3OS/c1-17(16)10-14-13-6-15(10)5-7-4-8(11)2-3-9(7)12/h2-4,6H,5H2,1H3/t17-/m0/s1. The maximum atomic E-state index is 13.5. The Labute approximate surface area is 105 Å². The zero-order valence-electron chi connectivity index (χ0n) is 8.93. The summed E-state index contributed by atoms with van der Waals surface area (Å²) in [6, 6.07) is 4.30.